The van der Waals surface area contributed by atoms with E-state index in [9.17, 15) is 0 Å². The molecule has 32 heavy (non-hydrogen) atoms. The van der Waals surface area contributed by atoms with Gasteiger partial charge < -0.3 is 9.80 Å². The van der Waals surface area contributed by atoms with Crippen molar-refractivity contribution in [3.63, 3.8) is 0 Å². The molecule has 1 heterocycles. The molecule has 0 aliphatic carbocycles. The lowest BCUT2D eigenvalue weighted by Crippen LogP contribution is -2.42. The van der Waals surface area contributed by atoms with Crippen molar-refractivity contribution < 1.29 is 0 Å². The fraction of sp³-hybridized carbons (Fsp3) is 0.933. The molecule has 0 amide bonds. The van der Waals surface area contributed by atoms with E-state index in [4.69, 9.17) is 0 Å². The lowest BCUT2D eigenvalue weighted by atomic mass is 10.0. The van der Waals surface area contributed by atoms with E-state index < -0.39 is 0 Å². The van der Waals surface area contributed by atoms with Gasteiger partial charge in [0.1, 0.15) is 6.17 Å². The maximum Gasteiger partial charge on any atom is 0.101 e. The minimum Gasteiger partial charge on any atom is -0.356 e. The van der Waals surface area contributed by atoms with E-state index in [-0.39, 0.29) is 0 Å². The minimum atomic E-state index is 0.609. The number of hydrogen-bond acceptors (Lipinski definition) is 2. The van der Waals surface area contributed by atoms with E-state index in [2.05, 4.69) is 49.9 Å². The van der Waals surface area contributed by atoms with Crippen LogP contribution < -0.4 is 0 Å². The highest BCUT2D eigenvalue weighted by Gasteiger charge is 2.26. The quantitative estimate of drug-likeness (QED) is 0.143. The zero-order chi connectivity index (χ0) is 23.3. The van der Waals surface area contributed by atoms with Crippen molar-refractivity contribution in [2.75, 3.05) is 6.54 Å². The standard InChI is InChI=1S/C30H60N2/c1-5-7-9-11-13-15-16-17-18-20-22-24-26-31-27-28-32(29(3)4)30(31)25-23-21-19-14-12-10-8-6-2/h27-30H,5-26H2,1-4H3. The number of rotatable bonds is 23. The molecule has 2 nitrogen and oxygen atoms in total. The van der Waals surface area contributed by atoms with Gasteiger partial charge in [-0.2, -0.15) is 0 Å². The third kappa shape index (κ3) is 14.5. The second-order valence-electron chi connectivity index (χ2n) is 10.7. The SMILES string of the molecule is CCCCCCCCCCCCCCN1C=CN(C(C)C)C1CCCCCCCCCC. The van der Waals surface area contributed by atoms with Gasteiger partial charge in [0.2, 0.25) is 0 Å². The highest BCUT2D eigenvalue weighted by Crippen LogP contribution is 2.25. The molecule has 1 atom stereocenters. The molecule has 0 N–H and O–H groups in total. The first-order valence-electron chi connectivity index (χ1n) is 14.9. The summed E-state index contributed by atoms with van der Waals surface area (Å²) in [6.45, 7) is 10.5. The van der Waals surface area contributed by atoms with E-state index in [1.54, 1.807) is 0 Å². The van der Waals surface area contributed by atoms with Crippen LogP contribution in [-0.2, 0) is 0 Å². The summed E-state index contributed by atoms with van der Waals surface area (Å²) in [5.74, 6) is 0. The number of unbranched alkanes of at least 4 members (excludes halogenated alkanes) is 18. The van der Waals surface area contributed by atoms with Gasteiger partial charge in [-0.05, 0) is 33.1 Å². The van der Waals surface area contributed by atoms with Crippen LogP contribution in [0.5, 0.6) is 0 Å². The zero-order valence-electron chi connectivity index (χ0n) is 22.8. The van der Waals surface area contributed by atoms with Crippen LogP contribution in [0.3, 0.4) is 0 Å². The van der Waals surface area contributed by atoms with E-state index in [0.717, 1.165) is 0 Å². The summed E-state index contributed by atoms with van der Waals surface area (Å²) in [4.78, 5) is 5.25. The van der Waals surface area contributed by atoms with Gasteiger partial charge in [0.15, 0.2) is 0 Å². The third-order valence-electron chi connectivity index (χ3n) is 7.34. The first-order valence-corrected chi connectivity index (χ1v) is 14.9. The third-order valence-corrected chi connectivity index (χ3v) is 7.34. The van der Waals surface area contributed by atoms with Crippen LogP contribution in [0, 0.1) is 0 Å². The fourth-order valence-electron chi connectivity index (χ4n) is 5.18. The Morgan fingerprint density at radius 1 is 0.531 bits per heavy atom. The smallest absolute Gasteiger partial charge is 0.101 e. The molecule has 1 unspecified atom stereocenters. The number of nitrogens with zero attached hydrogens (tertiary/aromatic N) is 2. The van der Waals surface area contributed by atoms with Gasteiger partial charge in [-0.15, -0.1) is 0 Å². The van der Waals surface area contributed by atoms with Crippen LogP contribution in [0.4, 0.5) is 0 Å². The topological polar surface area (TPSA) is 6.48 Å². The van der Waals surface area contributed by atoms with Crippen molar-refractivity contribution in [3.05, 3.63) is 12.4 Å². The lowest BCUT2D eigenvalue weighted by molar-refractivity contribution is 0.114. The highest BCUT2D eigenvalue weighted by atomic mass is 15.4. The average Bonchev–Trinajstić information content (AvgIpc) is 3.19. The monoisotopic (exact) mass is 448 g/mol. The first-order chi connectivity index (χ1) is 15.7. The molecule has 0 bridgehead atoms. The average molecular weight is 449 g/mol. The Balaban J connectivity index is 2.08. The van der Waals surface area contributed by atoms with Crippen molar-refractivity contribution in [1.29, 1.82) is 0 Å². The summed E-state index contributed by atoms with van der Waals surface area (Å²) >= 11 is 0. The Morgan fingerprint density at radius 2 is 0.938 bits per heavy atom. The Labute approximate surface area is 203 Å². The van der Waals surface area contributed by atoms with Gasteiger partial charge in [0.05, 0.1) is 0 Å². The molecule has 0 aromatic heterocycles. The summed E-state index contributed by atoms with van der Waals surface area (Å²) in [5, 5.41) is 0. The minimum absolute atomic E-state index is 0.609. The molecule has 0 saturated heterocycles. The van der Waals surface area contributed by atoms with Crippen LogP contribution in [0.1, 0.15) is 163 Å². The second kappa shape index (κ2) is 20.9. The summed E-state index contributed by atoms with van der Waals surface area (Å²) in [6.07, 6.45) is 35.3. The fourth-order valence-corrected chi connectivity index (χ4v) is 5.18. The normalized spacial score (nSPS) is 16.1. The Bertz CT molecular complexity index is 417. The van der Waals surface area contributed by atoms with E-state index in [1.165, 1.54) is 141 Å². The van der Waals surface area contributed by atoms with Gasteiger partial charge in [-0.3, -0.25) is 0 Å². The highest BCUT2D eigenvalue weighted by molar-refractivity contribution is 4.98. The lowest BCUT2D eigenvalue weighted by Gasteiger charge is -2.35. The van der Waals surface area contributed by atoms with Crippen LogP contribution >= 0.6 is 0 Å². The van der Waals surface area contributed by atoms with Crippen LogP contribution in [0.25, 0.3) is 0 Å². The van der Waals surface area contributed by atoms with Crippen molar-refractivity contribution in [1.82, 2.24) is 9.80 Å². The first kappa shape index (κ1) is 29.4. The molecular weight excluding hydrogens is 388 g/mol. The summed E-state index contributed by atoms with van der Waals surface area (Å²) in [5.41, 5.74) is 0. The predicted octanol–water partition coefficient (Wildman–Crippen LogP) is 10.0. The zero-order valence-corrected chi connectivity index (χ0v) is 22.8. The molecule has 0 saturated carbocycles. The van der Waals surface area contributed by atoms with Crippen LogP contribution in [-0.4, -0.2) is 28.6 Å². The Morgan fingerprint density at radius 3 is 1.38 bits per heavy atom. The van der Waals surface area contributed by atoms with Gasteiger partial charge in [0, 0.05) is 25.0 Å². The van der Waals surface area contributed by atoms with E-state index in [1.807, 2.05) is 0 Å². The largest absolute Gasteiger partial charge is 0.356 e. The Hall–Kier alpha value is -0.660. The molecule has 1 rings (SSSR count). The summed E-state index contributed by atoms with van der Waals surface area (Å²) < 4.78 is 0. The van der Waals surface area contributed by atoms with Gasteiger partial charge >= 0.3 is 0 Å². The predicted molar refractivity (Wildman–Crippen MR) is 145 cm³/mol. The van der Waals surface area contributed by atoms with Crippen molar-refractivity contribution in [3.8, 4) is 0 Å². The molecule has 0 radical (unpaired) electrons. The molecule has 0 fully saturated rings. The molecule has 1 aliphatic heterocycles. The van der Waals surface area contributed by atoms with Gasteiger partial charge in [-0.25, -0.2) is 0 Å². The molecule has 0 aromatic rings. The maximum absolute atomic E-state index is 2.65. The van der Waals surface area contributed by atoms with Crippen LogP contribution in [0.15, 0.2) is 12.4 Å². The summed E-state index contributed by atoms with van der Waals surface area (Å²) in [6, 6.07) is 0.609. The van der Waals surface area contributed by atoms with E-state index in [0.29, 0.717) is 12.2 Å². The summed E-state index contributed by atoms with van der Waals surface area (Å²) in [7, 11) is 0. The molecule has 190 valence electrons. The molecular formula is C30H60N2. The van der Waals surface area contributed by atoms with Crippen molar-refractivity contribution in [2.45, 2.75) is 175 Å². The molecule has 0 aromatic carbocycles. The number of hydrogen-bond donors (Lipinski definition) is 0. The maximum atomic E-state index is 2.65. The van der Waals surface area contributed by atoms with Gasteiger partial charge in [0.25, 0.3) is 0 Å². The molecule has 1 aliphatic rings. The van der Waals surface area contributed by atoms with Crippen molar-refractivity contribution >= 4 is 0 Å². The Kier molecular flexibility index (Phi) is 19.2. The van der Waals surface area contributed by atoms with Crippen LogP contribution in [0.2, 0.25) is 0 Å². The molecule has 2 heteroatoms. The second-order valence-corrected chi connectivity index (χ2v) is 10.7. The van der Waals surface area contributed by atoms with Crippen molar-refractivity contribution in [2.24, 2.45) is 0 Å². The van der Waals surface area contributed by atoms with E-state index >= 15 is 0 Å². The van der Waals surface area contributed by atoms with Gasteiger partial charge in [-0.1, -0.05) is 129 Å². The molecule has 0 spiro atoms.